The largest absolute Gasteiger partial charge is 0.469 e. The molecule has 0 spiro atoms. The Balaban J connectivity index is 1.96. The molecule has 2 fully saturated rings. The number of hydrogen-bond acceptors (Lipinski definition) is 4. The fraction of sp³-hybridized carbons (Fsp3) is 0.909. The number of carbonyl (C=O) groups excluding carboxylic acids is 1. The fourth-order valence-electron chi connectivity index (χ4n) is 2.81. The van der Waals surface area contributed by atoms with E-state index in [2.05, 4.69) is 4.74 Å². The minimum absolute atomic E-state index is 0.0914. The molecule has 1 aliphatic carbocycles. The third-order valence-electron chi connectivity index (χ3n) is 3.91. The Morgan fingerprint density at radius 2 is 2.17 bits per heavy atom. The molecule has 2 unspecified atom stereocenters. The van der Waals surface area contributed by atoms with Gasteiger partial charge in [-0.05, 0) is 25.2 Å². The van der Waals surface area contributed by atoms with Gasteiger partial charge in [-0.25, -0.2) is 0 Å². The second-order valence-corrected chi connectivity index (χ2v) is 7.05. The second-order valence-electron chi connectivity index (χ2n) is 5.06. The number of hydrogen-bond donors (Lipinski definition) is 0. The predicted octanol–water partition coefficient (Wildman–Crippen LogP) is 0.210. The van der Waals surface area contributed by atoms with Gasteiger partial charge in [-0.2, -0.15) is 17.0 Å². The van der Waals surface area contributed by atoms with Gasteiger partial charge in [-0.1, -0.05) is 0 Å². The summed E-state index contributed by atoms with van der Waals surface area (Å²) in [6.07, 6.45) is 3.19. The van der Waals surface area contributed by atoms with Gasteiger partial charge in [0.25, 0.3) is 10.2 Å². The zero-order valence-corrected chi connectivity index (χ0v) is 11.6. The average Bonchev–Trinajstić information content (AvgIpc) is 2.97. The Labute approximate surface area is 108 Å². The number of ether oxygens (including phenoxy) is 1. The third kappa shape index (κ3) is 2.53. The van der Waals surface area contributed by atoms with Gasteiger partial charge in [0.05, 0.1) is 13.5 Å². The van der Waals surface area contributed by atoms with Crippen molar-refractivity contribution in [3.8, 4) is 0 Å². The molecule has 0 aromatic carbocycles. The minimum Gasteiger partial charge on any atom is -0.469 e. The molecule has 104 valence electrons. The van der Waals surface area contributed by atoms with Gasteiger partial charge in [0, 0.05) is 26.2 Å². The number of carbonyl (C=O) groups is 1. The molecule has 0 aromatic heterocycles. The summed E-state index contributed by atoms with van der Waals surface area (Å²) in [6, 6.07) is 0.167. The van der Waals surface area contributed by atoms with Crippen LogP contribution in [0.25, 0.3) is 0 Å². The molecule has 1 saturated heterocycles. The molecular weight excluding hydrogens is 256 g/mol. The third-order valence-corrected chi connectivity index (χ3v) is 5.92. The summed E-state index contributed by atoms with van der Waals surface area (Å²) < 4.78 is 32.0. The molecule has 18 heavy (non-hydrogen) atoms. The summed E-state index contributed by atoms with van der Waals surface area (Å²) in [7, 11) is -0.595. The first-order chi connectivity index (χ1) is 8.45. The highest BCUT2D eigenvalue weighted by molar-refractivity contribution is 7.86. The summed E-state index contributed by atoms with van der Waals surface area (Å²) in [6.45, 7) is 0.804. The van der Waals surface area contributed by atoms with E-state index in [9.17, 15) is 13.2 Å². The maximum Gasteiger partial charge on any atom is 0.306 e. The van der Waals surface area contributed by atoms with Crippen molar-refractivity contribution in [2.24, 2.45) is 5.92 Å². The molecule has 1 saturated carbocycles. The van der Waals surface area contributed by atoms with E-state index >= 15 is 0 Å². The zero-order valence-electron chi connectivity index (χ0n) is 10.8. The van der Waals surface area contributed by atoms with E-state index in [1.165, 1.54) is 18.5 Å². The van der Waals surface area contributed by atoms with Crippen molar-refractivity contribution in [3.05, 3.63) is 0 Å². The summed E-state index contributed by atoms with van der Waals surface area (Å²) in [4.78, 5) is 11.0. The highest BCUT2D eigenvalue weighted by atomic mass is 32.2. The van der Waals surface area contributed by atoms with E-state index < -0.39 is 10.2 Å². The Morgan fingerprint density at radius 3 is 2.67 bits per heavy atom. The van der Waals surface area contributed by atoms with Crippen LogP contribution < -0.4 is 0 Å². The average molecular weight is 276 g/mol. The van der Waals surface area contributed by atoms with Gasteiger partial charge in [0.15, 0.2) is 0 Å². The van der Waals surface area contributed by atoms with Crippen molar-refractivity contribution in [2.75, 3.05) is 27.2 Å². The van der Waals surface area contributed by atoms with Crippen LogP contribution >= 0.6 is 0 Å². The molecule has 0 amide bonds. The number of esters is 1. The smallest absolute Gasteiger partial charge is 0.306 e. The molecule has 0 aromatic rings. The fourth-order valence-corrected chi connectivity index (χ4v) is 4.45. The van der Waals surface area contributed by atoms with Gasteiger partial charge in [0.2, 0.25) is 0 Å². The monoisotopic (exact) mass is 276 g/mol. The molecule has 2 atom stereocenters. The summed E-state index contributed by atoms with van der Waals surface area (Å²) in [5.74, 6) is 0.138. The van der Waals surface area contributed by atoms with E-state index in [4.69, 9.17) is 0 Å². The predicted molar refractivity (Wildman–Crippen MR) is 66.0 cm³/mol. The van der Waals surface area contributed by atoms with Crippen LogP contribution in [-0.4, -0.2) is 56.3 Å². The summed E-state index contributed by atoms with van der Waals surface area (Å²) in [5.41, 5.74) is 0. The first kappa shape index (κ1) is 13.8. The molecule has 2 aliphatic rings. The van der Waals surface area contributed by atoms with Gasteiger partial charge >= 0.3 is 5.97 Å². The van der Waals surface area contributed by atoms with E-state index in [0.717, 1.165) is 19.3 Å². The number of nitrogens with zero attached hydrogens (tertiary/aromatic N) is 2. The molecule has 0 N–H and O–H groups in total. The van der Waals surface area contributed by atoms with Crippen molar-refractivity contribution in [1.82, 2.24) is 8.61 Å². The van der Waals surface area contributed by atoms with Crippen molar-refractivity contribution < 1.29 is 17.9 Å². The minimum atomic E-state index is -3.41. The molecule has 6 nitrogen and oxygen atoms in total. The van der Waals surface area contributed by atoms with Crippen LogP contribution in [0.3, 0.4) is 0 Å². The lowest BCUT2D eigenvalue weighted by atomic mass is 10.1. The van der Waals surface area contributed by atoms with Crippen molar-refractivity contribution in [1.29, 1.82) is 0 Å². The number of fused-ring (bicyclic) bond motifs is 2. The molecule has 2 rings (SSSR count). The maximum atomic E-state index is 12.3. The first-order valence-corrected chi connectivity index (χ1v) is 7.64. The highest BCUT2D eigenvalue weighted by Gasteiger charge is 2.44. The van der Waals surface area contributed by atoms with E-state index in [-0.39, 0.29) is 25.0 Å². The van der Waals surface area contributed by atoms with Crippen LogP contribution in [-0.2, 0) is 19.7 Å². The topological polar surface area (TPSA) is 66.9 Å². The molecule has 0 radical (unpaired) electrons. The number of rotatable bonds is 5. The van der Waals surface area contributed by atoms with Crippen molar-refractivity contribution in [2.45, 2.75) is 31.7 Å². The number of piperidine rings is 1. The molecular formula is C11H20N2O4S. The molecule has 1 heterocycles. The lowest BCUT2D eigenvalue weighted by Crippen LogP contribution is -2.46. The Bertz CT molecular complexity index is 423. The van der Waals surface area contributed by atoms with Crippen LogP contribution in [0.5, 0.6) is 0 Å². The van der Waals surface area contributed by atoms with Crippen molar-refractivity contribution in [3.63, 3.8) is 0 Å². The van der Waals surface area contributed by atoms with Gasteiger partial charge in [-0.3, -0.25) is 4.79 Å². The van der Waals surface area contributed by atoms with Gasteiger partial charge in [0.1, 0.15) is 0 Å². The van der Waals surface area contributed by atoms with Crippen LogP contribution in [0.4, 0.5) is 0 Å². The zero-order chi connectivity index (χ0) is 13.3. The Kier molecular flexibility index (Phi) is 3.93. The summed E-state index contributed by atoms with van der Waals surface area (Å²) >= 11 is 0. The lowest BCUT2D eigenvalue weighted by molar-refractivity contribution is -0.140. The lowest BCUT2D eigenvalue weighted by Gasteiger charge is -2.30. The summed E-state index contributed by atoms with van der Waals surface area (Å²) in [5, 5.41) is 0. The van der Waals surface area contributed by atoms with Crippen LogP contribution in [0.15, 0.2) is 0 Å². The Hall–Kier alpha value is -0.660. The highest BCUT2D eigenvalue weighted by Crippen LogP contribution is 2.39. The quantitative estimate of drug-likeness (QED) is 0.673. The second kappa shape index (κ2) is 5.14. The van der Waals surface area contributed by atoms with Crippen molar-refractivity contribution >= 4 is 16.2 Å². The van der Waals surface area contributed by atoms with Gasteiger partial charge in [-0.15, -0.1) is 0 Å². The Morgan fingerprint density at radius 1 is 1.44 bits per heavy atom. The molecule has 2 bridgehead atoms. The molecule has 1 aliphatic heterocycles. The molecule has 7 heteroatoms. The van der Waals surface area contributed by atoms with E-state index in [1.54, 1.807) is 4.31 Å². The maximum absolute atomic E-state index is 12.3. The number of methoxy groups -OCH3 is 1. The van der Waals surface area contributed by atoms with Gasteiger partial charge < -0.3 is 4.74 Å². The van der Waals surface area contributed by atoms with Crippen LogP contribution in [0.2, 0.25) is 0 Å². The van der Waals surface area contributed by atoms with E-state index in [0.29, 0.717) is 12.5 Å². The van der Waals surface area contributed by atoms with E-state index in [1.807, 2.05) is 0 Å². The van der Waals surface area contributed by atoms with Crippen LogP contribution in [0, 0.1) is 5.92 Å². The van der Waals surface area contributed by atoms with Crippen LogP contribution in [0.1, 0.15) is 25.7 Å². The standard InChI is InChI=1S/C11H20N2O4S/c1-12(6-5-11(14)17-2)18(15,16)13-8-9-3-4-10(13)7-9/h9-10H,3-8H2,1-2H3. The SMILES string of the molecule is COC(=O)CCN(C)S(=O)(=O)N1CC2CCC1C2. The normalized spacial score (nSPS) is 27.9. The first-order valence-electron chi connectivity index (χ1n) is 6.25.